The van der Waals surface area contributed by atoms with Gasteiger partial charge in [0.05, 0.1) is 22.1 Å². The number of rotatable bonds is 4. The molecule has 9 heteroatoms. The summed E-state index contributed by atoms with van der Waals surface area (Å²) in [5.74, 6) is 0.564. The Balaban J connectivity index is 1.97. The second-order valence-corrected chi connectivity index (χ2v) is 7.05. The third-order valence-electron chi connectivity index (χ3n) is 3.86. The molecule has 23 heavy (non-hydrogen) atoms. The van der Waals surface area contributed by atoms with Crippen molar-refractivity contribution in [3.63, 3.8) is 0 Å². The number of fused-ring (bicyclic) bond motifs is 1. The molecule has 0 saturated carbocycles. The van der Waals surface area contributed by atoms with Crippen LogP contribution in [0.2, 0.25) is 0 Å². The van der Waals surface area contributed by atoms with E-state index in [-0.39, 0.29) is 17.1 Å². The van der Waals surface area contributed by atoms with Gasteiger partial charge in [-0.25, -0.2) is 17.9 Å². The van der Waals surface area contributed by atoms with E-state index in [0.29, 0.717) is 22.4 Å². The lowest BCUT2D eigenvalue weighted by molar-refractivity contribution is 0.396. The van der Waals surface area contributed by atoms with Crippen molar-refractivity contribution in [2.75, 3.05) is 0 Å². The van der Waals surface area contributed by atoms with Crippen LogP contribution in [-0.4, -0.2) is 22.7 Å². The minimum Gasteiger partial charge on any atom is -0.361 e. The largest absolute Gasteiger partial charge is 0.361 e. The number of benzene rings is 1. The SMILES string of the molecule is Cc1oncc1CNS(=O)(=O)c1ccc2c(c1)n(C)c(=O)n2C. The molecule has 0 bridgehead atoms. The van der Waals surface area contributed by atoms with Gasteiger partial charge in [0.25, 0.3) is 0 Å². The Hall–Kier alpha value is -2.39. The van der Waals surface area contributed by atoms with Gasteiger partial charge < -0.3 is 4.52 Å². The summed E-state index contributed by atoms with van der Waals surface area (Å²) in [5, 5.41) is 3.61. The molecular formula is C14H16N4O4S. The first kappa shape index (κ1) is 15.5. The van der Waals surface area contributed by atoms with E-state index in [2.05, 4.69) is 9.88 Å². The molecule has 0 unspecified atom stereocenters. The molecule has 1 N–H and O–H groups in total. The lowest BCUT2D eigenvalue weighted by Crippen LogP contribution is -2.23. The first-order valence-corrected chi connectivity index (χ1v) is 8.35. The van der Waals surface area contributed by atoms with Crippen LogP contribution in [0.4, 0.5) is 0 Å². The molecule has 0 aliphatic rings. The average Bonchev–Trinajstić information content (AvgIpc) is 3.03. The van der Waals surface area contributed by atoms with Gasteiger partial charge in [0.1, 0.15) is 5.76 Å². The summed E-state index contributed by atoms with van der Waals surface area (Å²) in [6.45, 7) is 1.80. The number of hydrogen-bond acceptors (Lipinski definition) is 5. The van der Waals surface area contributed by atoms with Crippen LogP contribution in [0.25, 0.3) is 11.0 Å². The van der Waals surface area contributed by atoms with Crippen LogP contribution in [0.1, 0.15) is 11.3 Å². The van der Waals surface area contributed by atoms with Gasteiger partial charge in [-0.15, -0.1) is 0 Å². The first-order valence-electron chi connectivity index (χ1n) is 6.86. The summed E-state index contributed by atoms with van der Waals surface area (Å²) in [5.41, 5.74) is 1.69. The Kier molecular flexibility index (Phi) is 3.61. The molecule has 0 spiro atoms. The zero-order chi connectivity index (χ0) is 16.8. The highest BCUT2D eigenvalue weighted by Gasteiger charge is 2.18. The summed E-state index contributed by atoms with van der Waals surface area (Å²) < 4.78 is 35.1. The third-order valence-corrected chi connectivity index (χ3v) is 5.26. The molecule has 1 aromatic carbocycles. The van der Waals surface area contributed by atoms with Crippen LogP contribution < -0.4 is 10.4 Å². The molecule has 2 heterocycles. The fourth-order valence-electron chi connectivity index (χ4n) is 2.40. The molecule has 0 atom stereocenters. The van der Waals surface area contributed by atoms with Crippen molar-refractivity contribution >= 4 is 21.1 Å². The van der Waals surface area contributed by atoms with Crippen molar-refractivity contribution in [2.45, 2.75) is 18.4 Å². The summed E-state index contributed by atoms with van der Waals surface area (Å²) in [7, 11) is -0.458. The molecule has 8 nitrogen and oxygen atoms in total. The number of nitrogens with zero attached hydrogens (tertiary/aromatic N) is 3. The van der Waals surface area contributed by atoms with Gasteiger partial charge in [0.2, 0.25) is 10.0 Å². The van der Waals surface area contributed by atoms with Gasteiger partial charge in [0, 0.05) is 26.2 Å². The van der Waals surface area contributed by atoms with Crippen LogP contribution in [0.15, 0.2) is 38.6 Å². The highest BCUT2D eigenvalue weighted by atomic mass is 32.2. The fourth-order valence-corrected chi connectivity index (χ4v) is 3.42. The highest BCUT2D eigenvalue weighted by molar-refractivity contribution is 7.89. The van der Waals surface area contributed by atoms with Crippen LogP contribution in [0.3, 0.4) is 0 Å². The Morgan fingerprint density at radius 1 is 1.22 bits per heavy atom. The van der Waals surface area contributed by atoms with Gasteiger partial charge in [-0.2, -0.15) is 0 Å². The fraction of sp³-hybridized carbons (Fsp3) is 0.286. The standard InChI is InChI=1S/C14H16N4O4S/c1-9-10(7-15-22-9)8-16-23(20,21)11-4-5-12-13(6-11)18(3)14(19)17(12)2/h4-7,16H,8H2,1-3H3. The Morgan fingerprint density at radius 3 is 2.57 bits per heavy atom. The van der Waals surface area contributed by atoms with E-state index in [9.17, 15) is 13.2 Å². The predicted octanol–water partition coefficient (Wildman–Crippen LogP) is 0.652. The van der Waals surface area contributed by atoms with Crippen molar-refractivity contribution in [3.8, 4) is 0 Å². The van der Waals surface area contributed by atoms with E-state index < -0.39 is 10.0 Å². The second kappa shape index (κ2) is 5.36. The Labute approximate surface area is 132 Å². The quantitative estimate of drug-likeness (QED) is 0.754. The van der Waals surface area contributed by atoms with Crippen molar-refractivity contribution in [1.29, 1.82) is 0 Å². The van der Waals surface area contributed by atoms with E-state index in [1.807, 2.05) is 0 Å². The maximum absolute atomic E-state index is 12.4. The predicted molar refractivity (Wildman–Crippen MR) is 83.4 cm³/mol. The Bertz CT molecular complexity index is 1040. The maximum atomic E-state index is 12.4. The van der Waals surface area contributed by atoms with E-state index in [4.69, 9.17) is 4.52 Å². The number of aryl methyl sites for hydroxylation is 3. The average molecular weight is 336 g/mol. The van der Waals surface area contributed by atoms with Crippen molar-refractivity contribution in [2.24, 2.45) is 14.1 Å². The molecule has 0 amide bonds. The molecule has 0 fully saturated rings. The van der Waals surface area contributed by atoms with E-state index in [1.54, 1.807) is 27.1 Å². The second-order valence-electron chi connectivity index (χ2n) is 5.28. The molecule has 0 aliphatic carbocycles. The molecule has 3 aromatic rings. The van der Waals surface area contributed by atoms with Crippen LogP contribution in [0, 0.1) is 6.92 Å². The topological polar surface area (TPSA) is 99.1 Å². The van der Waals surface area contributed by atoms with Crippen molar-refractivity contribution < 1.29 is 12.9 Å². The molecule has 0 saturated heterocycles. The molecule has 2 aromatic heterocycles. The normalized spacial score (nSPS) is 12.1. The summed E-state index contributed by atoms with van der Waals surface area (Å²) in [6.07, 6.45) is 1.47. The lowest BCUT2D eigenvalue weighted by atomic mass is 10.3. The molecule has 0 radical (unpaired) electrons. The molecule has 3 rings (SSSR count). The summed E-state index contributed by atoms with van der Waals surface area (Å²) >= 11 is 0. The third kappa shape index (κ3) is 2.57. The maximum Gasteiger partial charge on any atom is 0.328 e. The van der Waals surface area contributed by atoms with E-state index in [0.717, 1.165) is 0 Å². The minimum absolute atomic E-state index is 0.0867. The van der Waals surface area contributed by atoms with Crippen molar-refractivity contribution in [3.05, 3.63) is 46.2 Å². The first-order chi connectivity index (χ1) is 10.8. The van der Waals surface area contributed by atoms with Gasteiger partial charge in [-0.3, -0.25) is 9.13 Å². The van der Waals surface area contributed by atoms with Gasteiger partial charge in [-0.05, 0) is 25.1 Å². The number of nitrogens with one attached hydrogen (secondary N) is 1. The molecule has 122 valence electrons. The van der Waals surface area contributed by atoms with Crippen LogP contribution in [0.5, 0.6) is 0 Å². The number of hydrogen-bond donors (Lipinski definition) is 1. The highest BCUT2D eigenvalue weighted by Crippen LogP contribution is 2.18. The van der Waals surface area contributed by atoms with Gasteiger partial charge >= 0.3 is 5.69 Å². The smallest absolute Gasteiger partial charge is 0.328 e. The van der Waals surface area contributed by atoms with Gasteiger partial charge in [0.15, 0.2) is 0 Å². The van der Waals surface area contributed by atoms with E-state index in [1.165, 1.54) is 27.5 Å². The molecular weight excluding hydrogens is 320 g/mol. The lowest BCUT2D eigenvalue weighted by Gasteiger charge is -2.06. The zero-order valence-corrected chi connectivity index (χ0v) is 13.7. The molecule has 0 aliphatic heterocycles. The van der Waals surface area contributed by atoms with Crippen LogP contribution >= 0.6 is 0 Å². The minimum atomic E-state index is -3.71. The van der Waals surface area contributed by atoms with Gasteiger partial charge in [-0.1, -0.05) is 5.16 Å². The zero-order valence-electron chi connectivity index (χ0n) is 12.9. The summed E-state index contributed by atoms with van der Waals surface area (Å²) in [4.78, 5) is 12.0. The number of aromatic nitrogens is 3. The summed E-state index contributed by atoms with van der Waals surface area (Å²) in [6, 6.07) is 4.58. The number of imidazole rings is 1. The van der Waals surface area contributed by atoms with Crippen molar-refractivity contribution in [1.82, 2.24) is 19.0 Å². The number of sulfonamides is 1. The Morgan fingerprint density at radius 2 is 1.91 bits per heavy atom. The van der Waals surface area contributed by atoms with E-state index >= 15 is 0 Å². The van der Waals surface area contributed by atoms with Crippen LogP contribution in [-0.2, 0) is 30.7 Å². The monoisotopic (exact) mass is 336 g/mol.